The van der Waals surface area contributed by atoms with Crippen molar-refractivity contribution in [3.05, 3.63) is 23.9 Å². The van der Waals surface area contributed by atoms with Crippen molar-refractivity contribution >= 4 is 16.8 Å². The minimum atomic E-state index is -0.0732. The maximum Gasteiger partial charge on any atom is 0.272 e. The van der Waals surface area contributed by atoms with Crippen LogP contribution in [-0.4, -0.2) is 52.8 Å². The van der Waals surface area contributed by atoms with Crippen LogP contribution in [0.5, 0.6) is 5.75 Å². The monoisotopic (exact) mass is 312 g/mol. The number of fused-ring (bicyclic) bond motifs is 1. The third kappa shape index (κ3) is 1.67. The Morgan fingerprint density at radius 3 is 3.04 bits per heavy atom. The van der Waals surface area contributed by atoms with Gasteiger partial charge >= 0.3 is 0 Å². The molecular weight excluding hydrogens is 292 g/mol. The zero-order chi connectivity index (χ0) is 15.6. The summed E-state index contributed by atoms with van der Waals surface area (Å²) in [5.41, 5.74) is 1.73. The Hall–Kier alpha value is -2.08. The van der Waals surface area contributed by atoms with Gasteiger partial charge in [0.25, 0.3) is 5.91 Å². The molecule has 5 rings (SSSR count). The third-order valence-electron chi connectivity index (χ3n) is 6.23. The number of hydrogen-bond acceptors (Lipinski definition) is 4. The average molecular weight is 312 g/mol. The highest BCUT2D eigenvalue weighted by atomic mass is 16.5. The van der Waals surface area contributed by atoms with Gasteiger partial charge in [0, 0.05) is 36.1 Å². The van der Waals surface area contributed by atoms with Gasteiger partial charge in [0.2, 0.25) is 0 Å². The summed E-state index contributed by atoms with van der Waals surface area (Å²) in [5.74, 6) is 1.31. The summed E-state index contributed by atoms with van der Waals surface area (Å²) in [4.78, 5) is 15.2. The van der Waals surface area contributed by atoms with Crippen LogP contribution < -0.4 is 10.1 Å². The summed E-state index contributed by atoms with van der Waals surface area (Å²) >= 11 is 0. The lowest BCUT2D eigenvalue weighted by Gasteiger charge is -2.58. The number of rotatable bonds is 3. The van der Waals surface area contributed by atoms with E-state index in [-0.39, 0.29) is 11.9 Å². The second-order valence-corrected chi connectivity index (χ2v) is 7.01. The Labute approximate surface area is 134 Å². The predicted molar refractivity (Wildman–Crippen MR) is 85.5 cm³/mol. The number of amides is 1. The van der Waals surface area contributed by atoms with Crippen LogP contribution in [0.1, 0.15) is 29.8 Å². The van der Waals surface area contributed by atoms with Gasteiger partial charge in [0.05, 0.1) is 12.6 Å². The third-order valence-corrected chi connectivity index (χ3v) is 6.23. The summed E-state index contributed by atoms with van der Waals surface area (Å²) in [6.07, 6.45) is 3.84. The SMILES string of the molecule is COc1ccc2c(C(=O)N[C@@H]3CN4CCC45CCC35)n[nH]c2c1. The number of carbonyl (C=O) groups is 1. The molecule has 2 aliphatic heterocycles. The van der Waals surface area contributed by atoms with Crippen LogP contribution in [0.3, 0.4) is 0 Å². The average Bonchev–Trinajstić information content (AvgIpc) is 2.97. The number of carbonyl (C=O) groups excluding carboxylic acids is 1. The molecule has 2 N–H and O–H groups in total. The lowest BCUT2D eigenvalue weighted by atomic mass is 9.61. The van der Waals surface area contributed by atoms with E-state index in [0.29, 0.717) is 17.2 Å². The van der Waals surface area contributed by atoms with E-state index < -0.39 is 0 Å². The second kappa shape index (κ2) is 4.47. The van der Waals surface area contributed by atoms with Gasteiger partial charge in [-0.2, -0.15) is 5.10 Å². The molecule has 2 aromatic rings. The van der Waals surface area contributed by atoms with Crippen molar-refractivity contribution in [1.82, 2.24) is 20.4 Å². The van der Waals surface area contributed by atoms with Gasteiger partial charge in [-0.05, 0) is 37.3 Å². The van der Waals surface area contributed by atoms with Gasteiger partial charge < -0.3 is 10.1 Å². The Bertz CT molecular complexity index is 797. The number of nitrogens with one attached hydrogen (secondary N) is 2. The minimum Gasteiger partial charge on any atom is -0.497 e. The molecule has 1 aromatic heterocycles. The topological polar surface area (TPSA) is 70.2 Å². The lowest BCUT2D eigenvalue weighted by Crippen LogP contribution is -2.64. The Morgan fingerprint density at radius 1 is 1.48 bits per heavy atom. The lowest BCUT2D eigenvalue weighted by molar-refractivity contribution is -0.0676. The van der Waals surface area contributed by atoms with Crippen molar-refractivity contribution < 1.29 is 9.53 Å². The highest BCUT2D eigenvalue weighted by Crippen LogP contribution is 2.57. The van der Waals surface area contributed by atoms with Crippen molar-refractivity contribution in [3.8, 4) is 5.75 Å². The maximum atomic E-state index is 12.7. The van der Waals surface area contributed by atoms with Crippen LogP contribution in [0, 0.1) is 5.92 Å². The molecule has 120 valence electrons. The van der Waals surface area contributed by atoms with E-state index in [1.54, 1.807) is 7.11 Å². The first kappa shape index (κ1) is 13.4. The van der Waals surface area contributed by atoms with Crippen molar-refractivity contribution in [2.24, 2.45) is 5.92 Å². The van der Waals surface area contributed by atoms with Crippen LogP contribution >= 0.6 is 0 Å². The first-order chi connectivity index (χ1) is 11.2. The van der Waals surface area contributed by atoms with Crippen LogP contribution in [0.2, 0.25) is 0 Å². The minimum absolute atomic E-state index is 0.0732. The van der Waals surface area contributed by atoms with E-state index in [1.165, 1.54) is 25.8 Å². The summed E-state index contributed by atoms with van der Waals surface area (Å²) in [7, 11) is 1.63. The van der Waals surface area contributed by atoms with Gasteiger partial charge in [0.15, 0.2) is 5.69 Å². The maximum absolute atomic E-state index is 12.7. The van der Waals surface area contributed by atoms with Crippen LogP contribution in [0.15, 0.2) is 18.2 Å². The summed E-state index contributed by atoms with van der Waals surface area (Å²) < 4.78 is 5.21. The fraction of sp³-hybridized carbons (Fsp3) is 0.529. The molecule has 3 heterocycles. The Kier molecular flexibility index (Phi) is 2.60. The molecular formula is C17H20N4O2. The number of aromatic nitrogens is 2. The zero-order valence-corrected chi connectivity index (χ0v) is 13.1. The molecule has 1 aliphatic carbocycles. The van der Waals surface area contributed by atoms with Crippen molar-refractivity contribution in [1.29, 1.82) is 0 Å². The number of benzene rings is 1. The van der Waals surface area contributed by atoms with Crippen LogP contribution in [0.4, 0.5) is 0 Å². The molecule has 3 aliphatic rings. The van der Waals surface area contributed by atoms with Gasteiger partial charge in [-0.1, -0.05) is 0 Å². The molecule has 3 fully saturated rings. The van der Waals surface area contributed by atoms with Gasteiger partial charge in [-0.3, -0.25) is 14.8 Å². The number of H-pyrrole nitrogens is 1. The van der Waals surface area contributed by atoms with Crippen molar-refractivity contribution in [2.75, 3.05) is 20.2 Å². The predicted octanol–water partition coefficient (Wildman–Crippen LogP) is 1.54. The van der Waals surface area contributed by atoms with E-state index >= 15 is 0 Å². The molecule has 1 saturated carbocycles. The molecule has 0 radical (unpaired) electrons. The first-order valence-corrected chi connectivity index (χ1v) is 8.29. The molecule has 2 unspecified atom stereocenters. The molecule has 6 nitrogen and oxygen atoms in total. The summed E-state index contributed by atoms with van der Waals surface area (Å²) in [5, 5.41) is 11.2. The molecule has 3 atom stereocenters. The highest BCUT2D eigenvalue weighted by Gasteiger charge is 2.63. The fourth-order valence-electron chi connectivity index (χ4n) is 4.80. The van der Waals surface area contributed by atoms with E-state index in [9.17, 15) is 4.79 Å². The summed E-state index contributed by atoms with van der Waals surface area (Å²) in [6, 6.07) is 5.88. The Morgan fingerprint density at radius 2 is 2.39 bits per heavy atom. The van der Waals surface area contributed by atoms with E-state index in [2.05, 4.69) is 20.4 Å². The standard InChI is InChI=1S/C17H20N4O2/c1-23-10-2-3-11-13(8-10)19-20-15(11)16(22)18-14-9-21-7-6-17(21)5-4-12(14)17/h2-3,8,12,14H,4-7,9H2,1H3,(H,18,22)(H,19,20)/t12?,14-,17?/m1/s1. The number of aromatic amines is 1. The van der Waals surface area contributed by atoms with E-state index in [0.717, 1.165) is 23.2 Å². The van der Waals surface area contributed by atoms with E-state index in [4.69, 9.17) is 4.74 Å². The Balaban J connectivity index is 1.39. The molecule has 2 saturated heterocycles. The fourth-order valence-corrected chi connectivity index (χ4v) is 4.80. The van der Waals surface area contributed by atoms with E-state index in [1.807, 2.05) is 18.2 Å². The quantitative estimate of drug-likeness (QED) is 0.902. The largest absolute Gasteiger partial charge is 0.497 e. The van der Waals surface area contributed by atoms with Crippen LogP contribution in [0.25, 0.3) is 10.9 Å². The number of ether oxygens (including phenoxy) is 1. The second-order valence-electron chi connectivity index (χ2n) is 7.01. The molecule has 1 amide bonds. The number of methoxy groups -OCH3 is 1. The molecule has 0 bridgehead atoms. The van der Waals surface area contributed by atoms with Gasteiger partial charge in [-0.25, -0.2) is 0 Å². The van der Waals surface area contributed by atoms with Crippen molar-refractivity contribution in [3.63, 3.8) is 0 Å². The normalized spacial score (nSPS) is 31.9. The van der Waals surface area contributed by atoms with Gasteiger partial charge in [0.1, 0.15) is 5.75 Å². The van der Waals surface area contributed by atoms with Gasteiger partial charge in [-0.15, -0.1) is 0 Å². The molecule has 6 heteroatoms. The number of hydrogen-bond donors (Lipinski definition) is 2. The van der Waals surface area contributed by atoms with Crippen LogP contribution in [-0.2, 0) is 0 Å². The van der Waals surface area contributed by atoms with Crippen molar-refractivity contribution in [2.45, 2.75) is 30.8 Å². The highest BCUT2D eigenvalue weighted by molar-refractivity contribution is 6.05. The zero-order valence-electron chi connectivity index (χ0n) is 13.1. The molecule has 1 spiro atoms. The first-order valence-electron chi connectivity index (χ1n) is 8.29. The smallest absolute Gasteiger partial charge is 0.272 e. The molecule has 23 heavy (non-hydrogen) atoms. The molecule has 1 aromatic carbocycles. The summed E-state index contributed by atoms with van der Waals surface area (Å²) in [6.45, 7) is 2.18. The number of nitrogens with zero attached hydrogens (tertiary/aromatic N) is 2.